The lowest BCUT2D eigenvalue weighted by atomic mass is 10.0. The van der Waals surface area contributed by atoms with Crippen LogP contribution in [0.15, 0.2) is 35.2 Å². The molecule has 5 rings (SSSR count). The molecular weight excluding hydrogens is 501 g/mol. The first-order chi connectivity index (χ1) is 17.6. The van der Waals surface area contributed by atoms with Gasteiger partial charge < -0.3 is 9.80 Å². The molecule has 2 fully saturated rings. The lowest BCUT2D eigenvalue weighted by Crippen LogP contribution is -2.52. The van der Waals surface area contributed by atoms with Crippen molar-refractivity contribution in [2.75, 3.05) is 31.1 Å². The minimum atomic E-state index is -3.91. The second-order valence-electron chi connectivity index (χ2n) is 9.35. The molecule has 37 heavy (non-hydrogen) atoms. The highest BCUT2D eigenvalue weighted by Crippen LogP contribution is 2.36. The summed E-state index contributed by atoms with van der Waals surface area (Å²) in [5, 5.41) is 11.7. The standard InChI is InChI=1S/C25H24FN5O5S/c1-15-2-4-22(16(10-15)13-27)37(35,36)30-8-6-29(7-9-30)21-12-17(26)11-18-19(21)14-31(25(18)34)20-3-5-23(32)28-24(20)33/h2,4,10-12,20H,3,5-9,14H2,1H3,(H,28,32,33). The largest absolute Gasteiger partial charge is 0.369 e. The van der Waals surface area contributed by atoms with Crippen LogP contribution in [-0.2, 0) is 26.2 Å². The number of imide groups is 1. The van der Waals surface area contributed by atoms with E-state index in [-0.39, 0.29) is 61.6 Å². The molecule has 192 valence electrons. The van der Waals surface area contributed by atoms with E-state index in [1.807, 2.05) is 11.0 Å². The molecule has 3 aliphatic rings. The van der Waals surface area contributed by atoms with E-state index in [1.54, 1.807) is 13.0 Å². The highest BCUT2D eigenvalue weighted by Gasteiger charge is 2.41. The van der Waals surface area contributed by atoms with Crippen LogP contribution >= 0.6 is 0 Å². The Morgan fingerprint density at radius 3 is 2.49 bits per heavy atom. The Balaban J connectivity index is 1.37. The predicted molar refractivity (Wildman–Crippen MR) is 129 cm³/mol. The van der Waals surface area contributed by atoms with E-state index in [1.165, 1.54) is 27.4 Å². The van der Waals surface area contributed by atoms with E-state index in [0.717, 1.165) is 11.6 Å². The third-order valence-corrected chi connectivity index (χ3v) is 9.01. The summed E-state index contributed by atoms with van der Waals surface area (Å²) in [6.07, 6.45) is 0.311. The van der Waals surface area contributed by atoms with Crippen molar-refractivity contribution >= 4 is 33.4 Å². The highest BCUT2D eigenvalue weighted by molar-refractivity contribution is 7.89. The third kappa shape index (κ3) is 4.34. The van der Waals surface area contributed by atoms with Crippen LogP contribution in [0.25, 0.3) is 0 Å². The fourth-order valence-electron chi connectivity index (χ4n) is 5.15. The summed E-state index contributed by atoms with van der Waals surface area (Å²) in [5.41, 5.74) is 2.06. The number of benzene rings is 2. The zero-order valence-electron chi connectivity index (χ0n) is 20.0. The van der Waals surface area contributed by atoms with Crippen molar-refractivity contribution in [3.63, 3.8) is 0 Å². The number of aryl methyl sites for hydroxylation is 1. The number of hydrogen-bond acceptors (Lipinski definition) is 7. The molecule has 0 aromatic heterocycles. The Labute approximate surface area is 213 Å². The van der Waals surface area contributed by atoms with Crippen LogP contribution < -0.4 is 10.2 Å². The third-order valence-electron chi connectivity index (χ3n) is 7.05. The topological polar surface area (TPSA) is 131 Å². The van der Waals surface area contributed by atoms with Gasteiger partial charge in [-0.1, -0.05) is 6.07 Å². The van der Waals surface area contributed by atoms with Crippen molar-refractivity contribution in [2.45, 2.75) is 37.2 Å². The molecule has 1 atom stereocenters. The van der Waals surface area contributed by atoms with Gasteiger partial charge in [0, 0.05) is 56.0 Å². The molecule has 0 bridgehead atoms. The lowest BCUT2D eigenvalue weighted by Gasteiger charge is -2.36. The maximum Gasteiger partial charge on any atom is 0.255 e. The quantitative estimate of drug-likeness (QED) is 0.595. The number of nitriles is 1. The minimum absolute atomic E-state index is 0.0498. The first kappa shape index (κ1) is 24.9. The van der Waals surface area contributed by atoms with Gasteiger partial charge in [-0.2, -0.15) is 9.57 Å². The number of nitrogens with zero attached hydrogens (tertiary/aromatic N) is 4. The van der Waals surface area contributed by atoms with Crippen molar-refractivity contribution < 1.29 is 27.2 Å². The van der Waals surface area contributed by atoms with Gasteiger partial charge in [0.15, 0.2) is 0 Å². The molecule has 3 heterocycles. The van der Waals surface area contributed by atoms with Crippen molar-refractivity contribution in [1.82, 2.24) is 14.5 Å². The number of hydrogen-bond donors (Lipinski definition) is 1. The molecule has 1 N–H and O–H groups in total. The Kier molecular flexibility index (Phi) is 6.21. The molecule has 0 radical (unpaired) electrons. The number of anilines is 1. The summed E-state index contributed by atoms with van der Waals surface area (Å²) in [6.45, 7) is 2.57. The molecule has 12 heteroatoms. The maximum absolute atomic E-state index is 14.6. The van der Waals surface area contributed by atoms with E-state index in [4.69, 9.17) is 0 Å². The number of carbonyl (C=O) groups is 3. The van der Waals surface area contributed by atoms with E-state index in [0.29, 0.717) is 11.3 Å². The van der Waals surface area contributed by atoms with Crippen LogP contribution in [0.5, 0.6) is 0 Å². The van der Waals surface area contributed by atoms with Crippen LogP contribution in [0.3, 0.4) is 0 Å². The zero-order valence-corrected chi connectivity index (χ0v) is 20.8. The first-order valence-corrected chi connectivity index (χ1v) is 13.3. The molecule has 2 saturated heterocycles. The van der Waals surface area contributed by atoms with E-state index in [2.05, 4.69) is 5.32 Å². The highest BCUT2D eigenvalue weighted by atomic mass is 32.2. The molecule has 0 saturated carbocycles. The normalized spacial score (nSPS) is 20.6. The molecule has 0 spiro atoms. The number of nitrogens with one attached hydrogen (secondary N) is 1. The van der Waals surface area contributed by atoms with E-state index < -0.39 is 39.6 Å². The molecule has 0 aliphatic carbocycles. The molecular formula is C25H24FN5O5S. The fourth-order valence-corrected chi connectivity index (χ4v) is 6.70. The Morgan fingerprint density at radius 2 is 1.81 bits per heavy atom. The molecule has 10 nitrogen and oxygen atoms in total. The lowest BCUT2D eigenvalue weighted by molar-refractivity contribution is -0.136. The zero-order chi connectivity index (χ0) is 26.5. The second kappa shape index (κ2) is 9.24. The predicted octanol–water partition coefficient (Wildman–Crippen LogP) is 1.28. The van der Waals surface area contributed by atoms with Crippen LogP contribution in [0.1, 0.15) is 39.9 Å². The number of amides is 3. The van der Waals surface area contributed by atoms with Gasteiger partial charge >= 0.3 is 0 Å². The van der Waals surface area contributed by atoms with Crippen LogP contribution in [-0.4, -0.2) is 67.6 Å². The van der Waals surface area contributed by atoms with Crippen molar-refractivity contribution in [1.29, 1.82) is 5.26 Å². The molecule has 2 aromatic rings. The fraction of sp³-hybridized carbons (Fsp3) is 0.360. The number of carbonyl (C=O) groups excluding carboxylic acids is 3. The number of halogens is 1. The monoisotopic (exact) mass is 525 g/mol. The number of fused-ring (bicyclic) bond motifs is 1. The van der Waals surface area contributed by atoms with Gasteiger partial charge in [-0.25, -0.2) is 12.8 Å². The molecule has 1 unspecified atom stereocenters. The number of piperidine rings is 1. The smallest absolute Gasteiger partial charge is 0.255 e. The average molecular weight is 526 g/mol. The summed E-state index contributed by atoms with van der Waals surface area (Å²) >= 11 is 0. The summed E-state index contributed by atoms with van der Waals surface area (Å²) in [6, 6.07) is 8.21. The second-order valence-corrected chi connectivity index (χ2v) is 11.3. The van der Waals surface area contributed by atoms with Crippen molar-refractivity contribution in [2.24, 2.45) is 0 Å². The van der Waals surface area contributed by atoms with Gasteiger partial charge in [-0.05, 0) is 43.2 Å². The molecule has 2 aromatic carbocycles. The van der Waals surface area contributed by atoms with Crippen molar-refractivity contribution in [3.8, 4) is 6.07 Å². The summed E-state index contributed by atoms with van der Waals surface area (Å²) in [7, 11) is -3.91. The van der Waals surface area contributed by atoms with Crippen molar-refractivity contribution in [3.05, 3.63) is 58.4 Å². The van der Waals surface area contributed by atoms with E-state index >= 15 is 0 Å². The van der Waals surface area contributed by atoms with Crippen LogP contribution in [0.2, 0.25) is 0 Å². The Hall–Kier alpha value is -3.82. The summed E-state index contributed by atoms with van der Waals surface area (Å²) in [4.78, 5) is 40.1. The summed E-state index contributed by atoms with van der Waals surface area (Å²) in [5.74, 6) is -2.03. The molecule has 3 aliphatic heterocycles. The number of piperazine rings is 1. The number of sulfonamides is 1. The SMILES string of the molecule is Cc1ccc(S(=O)(=O)N2CCN(c3cc(F)cc4c3CN(C3CCC(=O)NC3=O)C4=O)CC2)c(C#N)c1. The minimum Gasteiger partial charge on any atom is -0.369 e. The van der Waals surface area contributed by atoms with Gasteiger partial charge in [0.2, 0.25) is 21.8 Å². The number of rotatable bonds is 4. The van der Waals surface area contributed by atoms with Crippen LogP contribution in [0, 0.1) is 24.1 Å². The van der Waals surface area contributed by atoms with Crippen LogP contribution in [0.4, 0.5) is 10.1 Å². The van der Waals surface area contributed by atoms with E-state index in [9.17, 15) is 32.5 Å². The van der Waals surface area contributed by atoms with Gasteiger partial charge in [-0.15, -0.1) is 0 Å². The Morgan fingerprint density at radius 1 is 1.08 bits per heavy atom. The van der Waals surface area contributed by atoms with Gasteiger partial charge in [0.25, 0.3) is 5.91 Å². The molecule has 3 amide bonds. The van der Waals surface area contributed by atoms with Gasteiger partial charge in [0.05, 0.1) is 10.5 Å². The Bertz CT molecular complexity index is 1480. The maximum atomic E-state index is 14.6. The summed E-state index contributed by atoms with van der Waals surface area (Å²) < 4.78 is 42.4. The van der Waals surface area contributed by atoms with Gasteiger partial charge in [0.1, 0.15) is 17.9 Å². The first-order valence-electron chi connectivity index (χ1n) is 11.8. The average Bonchev–Trinajstić information content (AvgIpc) is 3.19. The van der Waals surface area contributed by atoms with Gasteiger partial charge in [-0.3, -0.25) is 19.7 Å².